The first kappa shape index (κ1) is 28.7. The normalized spacial score (nSPS) is 11.7. The number of rotatable bonds is 9. The smallest absolute Gasteiger partial charge is 0.411 e. The van der Waals surface area contributed by atoms with Gasteiger partial charge in [-0.3, -0.25) is 10.6 Å². The highest BCUT2D eigenvalue weighted by molar-refractivity contribution is 5.87. The van der Waals surface area contributed by atoms with Gasteiger partial charge in [-0.2, -0.15) is 0 Å². The number of aliphatic carboxylic acids is 1. The number of ether oxygens (including phenoxy) is 1. The van der Waals surface area contributed by atoms with E-state index in [2.05, 4.69) is 39.9 Å². The maximum atomic E-state index is 11.6. The molecule has 0 radical (unpaired) electrons. The van der Waals surface area contributed by atoms with Gasteiger partial charge in [0.2, 0.25) is 11.6 Å². The van der Waals surface area contributed by atoms with Crippen molar-refractivity contribution in [2.24, 2.45) is 0 Å². The molecule has 0 fully saturated rings. The first-order valence-electron chi connectivity index (χ1n) is 12.4. The molecule has 1 amide bonds. The lowest BCUT2D eigenvalue weighted by atomic mass is 9.99. The molecule has 0 saturated heterocycles. The lowest BCUT2D eigenvalue weighted by Gasteiger charge is -2.17. The summed E-state index contributed by atoms with van der Waals surface area (Å²) < 4.78 is 4.88. The Labute approximate surface area is 227 Å². The summed E-state index contributed by atoms with van der Waals surface area (Å²) in [5.74, 6) is -0.363. The highest BCUT2D eigenvalue weighted by Gasteiger charge is 2.18. The van der Waals surface area contributed by atoms with E-state index in [4.69, 9.17) is 15.6 Å². The summed E-state index contributed by atoms with van der Waals surface area (Å²) in [5.41, 5.74) is 9.29. The third-order valence-electron chi connectivity index (χ3n) is 5.64. The number of aliphatic hydroxyl groups excluding tert-OH is 1. The lowest BCUT2D eigenvalue weighted by Crippen LogP contribution is -2.29. The second-order valence-electron chi connectivity index (χ2n) is 8.47. The second-order valence-corrected chi connectivity index (χ2v) is 8.47. The number of carboxylic acids is 1. The Kier molecular flexibility index (Phi) is 10.8. The Morgan fingerprint density at radius 3 is 2.00 bits per heavy atom. The Morgan fingerprint density at radius 2 is 1.46 bits per heavy atom. The number of nitrogen functional groups attached to an aromatic ring is 1. The summed E-state index contributed by atoms with van der Waals surface area (Å²) in [6, 6.07) is 32.3. The van der Waals surface area contributed by atoms with Crippen molar-refractivity contribution in [3.05, 3.63) is 120 Å². The molecule has 0 saturated carbocycles. The number of aromatic nitrogens is 1. The first-order valence-corrected chi connectivity index (χ1v) is 12.4. The van der Waals surface area contributed by atoms with Crippen LogP contribution >= 0.6 is 0 Å². The highest BCUT2D eigenvalue weighted by Crippen LogP contribution is 2.23. The Bertz CT molecular complexity index is 1320. The van der Waals surface area contributed by atoms with Gasteiger partial charge in [-0.15, -0.1) is 0 Å². The van der Waals surface area contributed by atoms with Crippen molar-refractivity contribution in [3.63, 3.8) is 0 Å². The molecule has 0 spiro atoms. The number of hydrogen-bond acceptors (Lipinski definition) is 7. The molecule has 0 bridgehead atoms. The maximum Gasteiger partial charge on any atom is 0.411 e. The predicted octanol–water partition coefficient (Wildman–Crippen LogP) is 3.52. The van der Waals surface area contributed by atoms with Crippen molar-refractivity contribution in [2.75, 3.05) is 23.0 Å². The predicted molar refractivity (Wildman–Crippen MR) is 147 cm³/mol. The Hall–Kier alpha value is -4.89. The van der Waals surface area contributed by atoms with Gasteiger partial charge in [-0.1, -0.05) is 91.0 Å². The number of H-pyrrole nitrogens is 1. The minimum Gasteiger partial charge on any atom is -0.547 e. The van der Waals surface area contributed by atoms with Gasteiger partial charge in [-0.25, -0.2) is 9.78 Å². The van der Waals surface area contributed by atoms with Gasteiger partial charge in [0.15, 0.2) is 0 Å². The van der Waals surface area contributed by atoms with E-state index in [1.165, 1.54) is 23.3 Å². The maximum absolute atomic E-state index is 11.6. The standard InChI is InChI=1S/C22H24N4O2.C8H8O3/c1-2-28-22(27)25-18-13-14-20(26-21(18)23)24-19(17-11-7-4-8-12-17)15-16-9-5-3-6-10-16;9-7(8(10)11)6-4-2-1-3-5-6/h3-14,19H,2,15H2,1H3,(H,25,27)(H3,23,24,26);1-5,7,9H,(H,10,11). The number of carbonyl (C=O) groups is 2. The van der Waals surface area contributed by atoms with E-state index in [0.717, 1.165) is 12.2 Å². The number of benzene rings is 3. The average Bonchev–Trinajstić information content (AvgIpc) is 2.96. The monoisotopic (exact) mass is 528 g/mol. The lowest BCUT2D eigenvalue weighted by molar-refractivity contribution is -0.342. The number of nitrogens with two attached hydrogens (primary N) is 1. The third-order valence-corrected chi connectivity index (χ3v) is 5.64. The van der Waals surface area contributed by atoms with Crippen molar-refractivity contribution < 1.29 is 29.5 Å². The zero-order valence-electron chi connectivity index (χ0n) is 21.5. The van der Waals surface area contributed by atoms with E-state index in [-0.39, 0.29) is 6.04 Å². The molecule has 0 aliphatic carbocycles. The number of amides is 1. The van der Waals surface area contributed by atoms with Crippen LogP contribution in [0.2, 0.25) is 0 Å². The fraction of sp³-hybridized carbons (Fsp3) is 0.167. The number of anilines is 3. The van der Waals surface area contributed by atoms with E-state index >= 15 is 0 Å². The number of nitrogens with one attached hydrogen (secondary N) is 3. The van der Waals surface area contributed by atoms with E-state index in [9.17, 15) is 14.7 Å². The molecule has 1 heterocycles. The zero-order valence-corrected chi connectivity index (χ0v) is 21.5. The minimum atomic E-state index is -1.52. The van der Waals surface area contributed by atoms with Gasteiger partial charge in [0.05, 0.1) is 12.6 Å². The van der Waals surface area contributed by atoms with Crippen LogP contribution in [0.5, 0.6) is 0 Å². The van der Waals surface area contributed by atoms with E-state index in [0.29, 0.717) is 23.7 Å². The van der Waals surface area contributed by atoms with E-state index < -0.39 is 18.2 Å². The van der Waals surface area contributed by atoms with Crippen LogP contribution in [0.3, 0.4) is 0 Å². The summed E-state index contributed by atoms with van der Waals surface area (Å²) in [6.07, 6.45) is -1.23. The van der Waals surface area contributed by atoms with Crippen molar-refractivity contribution in [1.29, 1.82) is 0 Å². The largest absolute Gasteiger partial charge is 0.547 e. The second kappa shape index (κ2) is 14.7. The molecule has 9 nitrogen and oxygen atoms in total. The first-order chi connectivity index (χ1) is 18.9. The topological polar surface area (TPSA) is 151 Å². The molecule has 2 atom stereocenters. The third kappa shape index (κ3) is 9.17. The Morgan fingerprint density at radius 1 is 0.897 bits per heavy atom. The van der Waals surface area contributed by atoms with Gasteiger partial charge < -0.3 is 25.5 Å². The van der Waals surface area contributed by atoms with E-state index in [1.807, 2.05) is 42.5 Å². The molecule has 0 aliphatic rings. The summed E-state index contributed by atoms with van der Waals surface area (Å²) >= 11 is 0. The zero-order chi connectivity index (χ0) is 28.0. The average molecular weight is 529 g/mol. The van der Waals surface area contributed by atoms with Crippen molar-refractivity contribution >= 4 is 29.4 Å². The summed E-state index contributed by atoms with van der Waals surface area (Å²) in [5, 5.41) is 25.2. The van der Waals surface area contributed by atoms with Crippen LogP contribution in [-0.4, -0.2) is 23.8 Å². The van der Waals surface area contributed by atoms with Crippen molar-refractivity contribution in [2.45, 2.75) is 25.5 Å². The van der Waals surface area contributed by atoms with Crippen LogP contribution in [0, 0.1) is 0 Å². The van der Waals surface area contributed by atoms with Gasteiger partial charge >= 0.3 is 6.09 Å². The number of hydrogen-bond donors (Lipinski definition) is 4. The molecule has 4 rings (SSSR count). The van der Waals surface area contributed by atoms with Crippen LogP contribution in [0.15, 0.2) is 103 Å². The molecular weight excluding hydrogens is 496 g/mol. The van der Waals surface area contributed by atoms with Crippen molar-refractivity contribution in [1.82, 2.24) is 0 Å². The molecular formula is C30H32N4O5. The molecule has 6 N–H and O–H groups in total. The van der Waals surface area contributed by atoms with Crippen LogP contribution in [0.4, 0.5) is 22.1 Å². The Balaban J connectivity index is 0.000000320. The molecule has 9 heteroatoms. The van der Waals surface area contributed by atoms with Crippen LogP contribution < -0.4 is 26.5 Å². The minimum absolute atomic E-state index is 0.0584. The highest BCUT2D eigenvalue weighted by atomic mass is 16.5. The molecule has 0 aliphatic heterocycles. The summed E-state index contributed by atoms with van der Waals surface area (Å²) in [6.45, 7) is 2.05. The van der Waals surface area contributed by atoms with Gasteiger partial charge in [0.1, 0.15) is 17.8 Å². The number of aliphatic hydroxyl groups is 1. The van der Waals surface area contributed by atoms with Crippen LogP contribution in [0.25, 0.3) is 0 Å². The molecule has 39 heavy (non-hydrogen) atoms. The summed E-state index contributed by atoms with van der Waals surface area (Å²) in [7, 11) is 0. The van der Waals surface area contributed by atoms with Gasteiger partial charge in [0.25, 0.3) is 0 Å². The van der Waals surface area contributed by atoms with E-state index in [1.54, 1.807) is 31.2 Å². The summed E-state index contributed by atoms with van der Waals surface area (Å²) in [4.78, 5) is 24.8. The molecule has 202 valence electrons. The quantitative estimate of drug-likeness (QED) is 0.259. The van der Waals surface area contributed by atoms with Gasteiger partial charge in [0, 0.05) is 12.5 Å². The number of pyridine rings is 1. The fourth-order valence-electron chi connectivity index (χ4n) is 3.73. The number of carbonyl (C=O) groups excluding carboxylic acids is 2. The SMILES string of the molecule is CCOC(=O)Nc1ccc(NC(Cc2ccccc2)c2ccccc2)[nH+]c1N.O=C([O-])C(O)c1ccccc1. The molecule has 1 aromatic heterocycles. The number of carboxylic acid groups (broad SMARTS) is 1. The fourth-order valence-corrected chi connectivity index (χ4v) is 3.73. The number of aromatic amines is 1. The van der Waals surface area contributed by atoms with Crippen LogP contribution in [0.1, 0.15) is 35.8 Å². The van der Waals surface area contributed by atoms with Crippen LogP contribution in [-0.2, 0) is 16.0 Å². The molecule has 3 aromatic carbocycles. The van der Waals surface area contributed by atoms with Gasteiger partial charge in [-0.05, 0) is 29.7 Å². The molecule has 4 aromatic rings. The van der Waals surface area contributed by atoms with Crippen molar-refractivity contribution in [3.8, 4) is 0 Å². The molecule has 2 unspecified atom stereocenters.